The molecule has 0 aliphatic carbocycles. The molecule has 2 aromatic rings. The van der Waals surface area contributed by atoms with Gasteiger partial charge in [-0.05, 0) is 43.3 Å². The molecular formula is C19H22N4O4S. The van der Waals surface area contributed by atoms with Crippen LogP contribution in [0.5, 0.6) is 0 Å². The van der Waals surface area contributed by atoms with Gasteiger partial charge in [-0.25, -0.2) is 17.7 Å². The third-order valence-corrected chi connectivity index (χ3v) is 6.39. The minimum absolute atomic E-state index is 0.0927. The Morgan fingerprint density at radius 3 is 2.46 bits per heavy atom. The first-order valence-corrected chi connectivity index (χ1v) is 10.2. The van der Waals surface area contributed by atoms with E-state index in [0.717, 1.165) is 10.00 Å². The second-order valence-electron chi connectivity index (χ2n) is 6.84. The van der Waals surface area contributed by atoms with E-state index < -0.39 is 15.9 Å². The summed E-state index contributed by atoms with van der Waals surface area (Å²) >= 11 is 0. The summed E-state index contributed by atoms with van der Waals surface area (Å²) in [5.74, 6) is -0.490. The Morgan fingerprint density at radius 1 is 1.18 bits per heavy atom. The van der Waals surface area contributed by atoms with Gasteiger partial charge in [0, 0.05) is 38.4 Å². The summed E-state index contributed by atoms with van der Waals surface area (Å²) in [6.07, 6.45) is 0.0927. The van der Waals surface area contributed by atoms with E-state index in [2.05, 4.69) is 10.3 Å². The SMILES string of the molecule is Cc1cccc(NC(=O)[C@@H]2CC(=O)N(c3ccc(S(=O)(=O)N(C)C)cc3)C2)n1. The van der Waals surface area contributed by atoms with Gasteiger partial charge in [0.05, 0.1) is 10.8 Å². The van der Waals surface area contributed by atoms with Crippen molar-refractivity contribution in [3.8, 4) is 0 Å². The molecular weight excluding hydrogens is 380 g/mol. The lowest BCUT2D eigenvalue weighted by atomic mass is 10.1. The van der Waals surface area contributed by atoms with Gasteiger partial charge in [0.2, 0.25) is 21.8 Å². The van der Waals surface area contributed by atoms with Gasteiger partial charge < -0.3 is 10.2 Å². The molecule has 0 bridgehead atoms. The fourth-order valence-corrected chi connectivity index (χ4v) is 3.88. The van der Waals surface area contributed by atoms with Crippen molar-refractivity contribution in [2.75, 3.05) is 30.9 Å². The molecule has 0 spiro atoms. The average molecular weight is 402 g/mol. The molecule has 1 aliphatic heterocycles. The van der Waals surface area contributed by atoms with Gasteiger partial charge in [-0.15, -0.1) is 0 Å². The number of aryl methyl sites for hydroxylation is 1. The number of carbonyl (C=O) groups is 2. The molecule has 1 saturated heterocycles. The molecule has 1 aromatic carbocycles. The quantitative estimate of drug-likeness (QED) is 0.819. The van der Waals surface area contributed by atoms with Gasteiger partial charge in [-0.3, -0.25) is 9.59 Å². The van der Waals surface area contributed by atoms with Gasteiger partial charge in [0.1, 0.15) is 5.82 Å². The van der Waals surface area contributed by atoms with Crippen LogP contribution in [0.3, 0.4) is 0 Å². The lowest BCUT2D eigenvalue weighted by Crippen LogP contribution is -2.28. The van der Waals surface area contributed by atoms with E-state index in [1.165, 1.54) is 31.1 Å². The predicted octanol–water partition coefficient (Wildman–Crippen LogP) is 1.63. The summed E-state index contributed by atoms with van der Waals surface area (Å²) in [5.41, 5.74) is 1.35. The van der Waals surface area contributed by atoms with Crippen molar-refractivity contribution in [3.05, 3.63) is 48.2 Å². The maximum atomic E-state index is 12.5. The molecule has 0 saturated carbocycles. The van der Waals surface area contributed by atoms with Crippen molar-refractivity contribution >= 4 is 33.3 Å². The number of aromatic nitrogens is 1. The number of rotatable bonds is 5. The van der Waals surface area contributed by atoms with Crippen LogP contribution in [0.25, 0.3) is 0 Å². The maximum Gasteiger partial charge on any atom is 0.242 e. The number of hydrogen-bond donors (Lipinski definition) is 1. The fourth-order valence-electron chi connectivity index (χ4n) is 2.98. The number of hydrogen-bond acceptors (Lipinski definition) is 5. The molecule has 1 aliphatic rings. The number of carbonyl (C=O) groups excluding carboxylic acids is 2. The first kappa shape index (κ1) is 20.0. The normalized spacial score (nSPS) is 17.2. The summed E-state index contributed by atoms with van der Waals surface area (Å²) in [6.45, 7) is 2.06. The van der Waals surface area contributed by atoms with E-state index in [-0.39, 0.29) is 29.7 Å². The molecule has 9 heteroatoms. The molecule has 28 heavy (non-hydrogen) atoms. The Hall–Kier alpha value is -2.78. The Bertz CT molecular complexity index is 1000. The average Bonchev–Trinajstić information content (AvgIpc) is 3.03. The van der Waals surface area contributed by atoms with Gasteiger partial charge in [-0.1, -0.05) is 6.07 Å². The Labute approximate surface area is 164 Å². The molecule has 2 heterocycles. The van der Waals surface area contributed by atoms with Gasteiger partial charge >= 0.3 is 0 Å². The highest BCUT2D eigenvalue weighted by molar-refractivity contribution is 7.89. The van der Waals surface area contributed by atoms with E-state index in [9.17, 15) is 18.0 Å². The number of benzene rings is 1. The highest BCUT2D eigenvalue weighted by Gasteiger charge is 2.35. The minimum atomic E-state index is -3.53. The summed E-state index contributed by atoms with van der Waals surface area (Å²) in [6, 6.07) is 11.4. The molecule has 1 N–H and O–H groups in total. The monoisotopic (exact) mass is 402 g/mol. The predicted molar refractivity (Wildman–Crippen MR) is 105 cm³/mol. The second-order valence-corrected chi connectivity index (χ2v) is 8.99. The lowest BCUT2D eigenvalue weighted by molar-refractivity contribution is -0.122. The number of nitrogens with one attached hydrogen (secondary N) is 1. The largest absolute Gasteiger partial charge is 0.312 e. The van der Waals surface area contributed by atoms with Crippen LogP contribution in [0, 0.1) is 12.8 Å². The zero-order valence-electron chi connectivity index (χ0n) is 15.9. The first-order valence-electron chi connectivity index (χ1n) is 8.76. The van der Waals surface area contributed by atoms with Crippen LogP contribution in [0.15, 0.2) is 47.4 Å². The highest BCUT2D eigenvalue weighted by atomic mass is 32.2. The number of anilines is 2. The molecule has 8 nitrogen and oxygen atoms in total. The standard InChI is InChI=1S/C19H22N4O4S/c1-13-5-4-6-17(20-13)21-19(25)14-11-18(24)23(12-14)15-7-9-16(10-8-15)28(26,27)22(2)3/h4-10,14H,11-12H2,1-3H3,(H,20,21,25)/t14-/m1/s1. The van der Waals surface area contributed by atoms with Crippen molar-refractivity contribution in [3.63, 3.8) is 0 Å². The molecule has 1 aromatic heterocycles. The van der Waals surface area contributed by atoms with Crippen LogP contribution >= 0.6 is 0 Å². The fraction of sp³-hybridized carbons (Fsp3) is 0.316. The van der Waals surface area contributed by atoms with Crippen LogP contribution in [0.1, 0.15) is 12.1 Å². The summed E-state index contributed by atoms with van der Waals surface area (Å²) in [7, 11) is -0.618. The van der Waals surface area contributed by atoms with E-state index >= 15 is 0 Å². The van der Waals surface area contributed by atoms with E-state index in [0.29, 0.717) is 11.5 Å². The summed E-state index contributed by atoms with van der Waals surface area (Å²) < 4.78 is 25.4. The van der Waals surface area contributed by atoms with Gasteiger partial charge in [-0.2, -0.15) is 0 Å². The molecule has 148 valence electrons. The third-order valence-electron chi connectivity index (χ3n) is 4.56. The topological polar surface area (TPSA) is 99.7 Å². The third kappa shape index (κ3) is 4.05. The van der Waals surface area contributed by atoms with E-state index in [1.807, 2.05) is 13.0 Å². The molecule has 2 amide bonds. The van der Waals surface area contributed by atoms with Crippen molar-refractivity contribution in [2.45, 2.75) is 18.2 Å². The van der Waals surface area contributed by atoms with E-state index in [4.69, 9.17) is 0 Å². The van der Waals surface area contributed by atoms with Gasteiger partial charge in [0.15, 0.2) is 0 Å². The second kappa shape index (κ2) is 7.69. The summed E-state index contributed by atoms with van der Waals surface area (Å²) in [4.78, 5) is 30.8. The van der Waals surface area contributed by atoms with Crippen LogP contribution in [-0.2, 0) is 19.6 Å². The van der Waals surface area contributed by atoms with Crippen molar-refractivity contribution in [1.82, 2.24) is 9.29 Å². The Balaban J connectivity index is 1.71. The minimum Gasteiger partial charge on any atom is -0.312 e. The van der Waals surface area contributed by atoms with E-state index in [1.54, 1.807) is 24.3 Å². The number of amides is 2. The van der Waals surface area contributed by atoms with Crippen LogP contribution < -0.4 is 10.2 Å². The highest BCUT2D eigenvalue weighted by Crippen LogP contribution is 2.27. The number of nitrogens with zero attached hydrogens (tertiary/aromatic N) is 3. The Kier molecular flexibility index (Phi) is 5.48. The van der Waals surface area contributed by atoms with Gasteiger partial charge in [0.25, 0.3) is 0 Å². The zero-order chi connectivity index (χ0) is 20.5. The van der Waals surface area contributed by atoms with Crippen LogP contribution in [-0.4, -0.2) is 50.2 Å². The number of pyridine rings is 1. The first-order chi connectivity index (χ1) is 13.2. The lowest BCUT2D eigenvalue weighted by Gasteiger charge is -2.18. The van der Waals surface area contributed by atoms with Crippen LogP contribution in [0.2, 0.25) is 0 Å². The van der Waals surface area contributed by atoms with Crippen molar-refractivity contribution in [1.29, 1.82) is 0 Å². The smallest absolute Gasteiger partial charge is 0.242 e. The van der Waals surface area contributed by atoms with Crippen molar-refractivity contribution in [2.24, 2.45) is 5.92 Å². The molecule has 0 unspecified atom stereocenters. The molecule has 0 radical (unpaired) electrons. The van der Waals surface area contributed by atoms with Crippen LogP contribution in [0.4, 0.5) is 11.5 Å². The van der Waals surface area contributed by atoms with Crippen molar-refractivity contribution < 1.29 is 18.0 Å². The molecule has 1 fully saturated rings. The molecule has 1 atom stereocenters. The molecule has 3 rings (SSSR count). The number of sulfonamides is 1. The summed E-state index contributed by atoms with van der Waals surface area (Å²) in [5, 5.41) is 2.74. The zero-order valence-corrected chi connectivity index (χ0v) is 16.7. The maximum absolute atomic E-state index is 12.5. The Morgan fingerprint density at radius 2 is 1.86 bits per heavy atom.